The van der Waals surface area contributed by atoms with E-state index >= 15 is 0 Å². The van der Waals surface area contributed by atoms with Crippen molar-refractivity contribution >= 4 is 23.8 Å². The number of unbranched alkanes of at least 4 members (excludes halogenated alkanes) is 2. The maximum atomic E-state index is 14.2. The molecule has 2 aromatic carbocycles. The summed E-state index contributed by atoms with van der Waals surface area (Å²) < 4.78 is 5.39. The van der Waals surface area contributed by atoms with Gasteiger partial charge in [-0.2, -0.15) is 0 Å². The lowest BCUT2D eigenvalue weighted by Gasteiger charge is -2.35. The first-order valence-corrected chi connectivity index (χ1v) is 13.9. The smallest absolute Gasteiger partial charge is 0.408 e. The third kappa shape index (κ3) is 10.7. The third-order valence-corrected chi connectivity index (χ3v) is 6.31. The highest BCUT2D eigenvalue weighted by Gasteiger charge is 2.36. The maximum absolute atomic E-state index is 14.2. The second-order valence-electron chi connectivity index (χ2n) is 10.9. The highest BCUT2D eigenvalue weighted by Crippen LogP contribution is 2.27. The molecule has 4 N–H and O–H groups in total. The van der Waals surface area contributed by atoms with Crippen molar-refractivity contribution in [3.63, 3.8) is 0 Å². The van der Waals surface area contributed by atoms with Crippen LogP contribution in [0, 0.1) is 6.92 Å². The van der Waals surface area contributed by atoms with Crippen LogP contribution in [0.25, 0.3) is 0 Å². The molecule has 2 atom stereocenters. The van der Waals surface area contributed by atoms with Gasteiger partial charge in [-0.1, -0.05) is 74.4 Å². The van der Waals surface area contributed by atoms with Gasteiger partial charge in [-0.05, 0) is 57.2 Å². The molecule has 0 aliphatic rings. The standard InChI is InChI=1S/C31H44N4O5/c1-6-7-13-20-35(29(38)25(18-19-26(32)36)34-30(39)40-31(3,4)5)27(24-17-12-11-14-22(24)2)28(37)33-21-23-15-9-8-10-16-23/h8-12,14-17,25,27H,6-7,13,18-21H2,1-5H3,(H2,32,36)(H,33,37)(H,34,39). The van der Waals surface area contributed by atoms with Gasteiger partial charge in [-0.3, -0.25) is 14.4 Å². The molecule has 0 bridgehead atoms. The Morgan fingerprint density at radius 2 is 1.62 bits per heavy atom. The van der Waals surface area contributed by atoms with E-state index in [1.54, 1.807) is 20.8 Å². The average Bonchev–Trinajstić information content (AvgIpc) is 2.89. The minimum atomic E-state index is -1.11. The Morgan fingerprint density at radius 1 is 0.975 bits per heavy atom. The fourth-order valence-corrected chi connectivity index (χ4v) is 4.32. The molecule has 0 saturated heterocycles. The molecule has 0 heterocycles. The molecule has 2 unspecified atom stereocenters. The van der Waals surface area contributed by atoms with Gasteiger partial charge in [0.05, 0.1) is 0 Å². The van der Waals surface area contributed by atoms with Crippen molar-refractivity contribution in [3.8, 4) is 0 Å². The first-order chi connectivity index (χ1) is 18.9. The van der Waals surface area contributed by atoms with Crippen molar-refractivity contribution in [1.29, 1.82) is 0 Å². The minimum absolute atomic E-state index is 0.0240. The van der Waals surface area contributed by atoms with Gasteiger partial charge >= 0.3 is 6.09 Å². The lowest BCUT2D eigenvalue weighted by molar-refractivity contribution is -0.143. The second-order valence-corrected chi connectivity index (χ2v) is 10.9. The second kappa shape index (κ2) is 15.6. The molecule has 2 rings (SSSR count). The monoisotopic (exact) mass is 552 g/mol. The number of primary amides is 1. The van der Waals surface area contributed by atoms with Crippen LogP contribution in [-0.2, 0) is 25.7 Å². The van der Waals surface area contributed by atoms with Crippen molar-refractivity contribution in [1.82, 2.24) is 15.5 Å². The van der Waals surface area contributed by atoms with Gasteiger partial charge < -0.3 is 26.0 Å². The summed E-state index contributed by atoms with van der Waals surface area (Å²) in [5.41, 5.74) is 7.06. The molecule has 218 valence electrons. The zero-order chi connectivity index (χ0) is 29.7. The van der Waals surface area contributed by atoms with Gasteiger partial charge in [0.25, 0.3) is 0 Å². The average molecular weight is 553 g/mol. The third-order valence-electron chi connectivity index (χ3n) is 6.31. The van der Waals surface area contributed by atoms with Crippen LogP contribution in [0.1, 0.15) is 82.5 Å². The molecule has 0 aromatic heterocycles. The Balaban J connectivity index is 2.49. The Hall–Kier alpha value is -3.88. The first kappa shape index (κ1) is 32.3. The van der Waals surface area contributed by atoms with E-state index in [1.807, 2.05) is 61.5 Å². The summed E-state index contributed by atoms with van der Waals surface area (Å²) in [4.78, 5) is 53.9. The quantitative estimate of drug-likeness (QED) is 0.296. The van der Waals surface area contributed by atoms with Crippen molar-refractivity contribution < 1.29 is 23.9 Å². The fraction of sp³-hybridized carbons (Fsp3) is 0.484. The number of benzene rings is 2. The SMILES string of the molecule is CCCCCN(C(=O)C(CCC(N)=O)NC(=O)OC(C)(C)C)C(C(=O)NCc1ccccc1)c1ccccc1C. The van der Waals surface area contributed by atoms with Crippen LogP contribution < -0.4 is 16.4 Å². The van der Waals surface area contributed by atoms with Crippen LogP contribution in [0.15, 0.2) is 54.6 Å². The summed E-state index contributed by atoms with van der Waals surface area (Å²) in [6.45, 7) is 9.68. The molecular weight excluding hydrogens is 508 g/mol. The molecule has 0 fully saturated rings. The zero-order valence-electron chi connectivity index (χ0n) is 24.4. The molecule has 0 aliphatic carbocycles. The summed E-state index contributed by atoms with van der Waals surface area (Å²) in [5.74, 6) is -1.42. The fourth-order valence-electron chi connectivity index (χ4n) is 4.32. The van der Waals surface area contributed by atoms with E-state index in [0.717, 1.165) is 24.0 Å². The van der Waals surface area contributed by atoms with Gasteiger partial charge in [-0.15, -0.1) is 0 Å². The Labute approximate surface area is 237 Å². The highest BCUT2D eigenvalue weighted by atomic mass is 16.6. The number of carbonyl (C=O) groups is 4. The summed E-state index contributed by atoms with van der Waals surface area (Å²) in [6, 6.07) is 14.9. The van der Waals surface area contributed by atoms with Gasteiger partial charge in [0.1, 0.15) is 17.7 Å². The van der Waals surface area contributed by atoms with Crippen LogP contribution in [0.4, 0.5) is 4.79 Å². The number of amides is 4. The van der Waals surface area contributed by atoms with Crippen LogP contribution in [0.3, 0.4) is 0 Å². The Kier molecular flexibility index (Phi) is 12.6. The number of carbonyl (C=O) groups excluding carboxylic acids is 4. The number of rotatable bonds is 14. The van der Waals surface area contributed by atoms with E-state index in [-0.39, 0.29) is 25.3 Å². The lowest BCUT2D eigenvalue weighted by atomic mass is 9.97. The van der Waals surface area contributed by atoms with Crippen LogP contribution in [0.5, 0.6) is 0 Å². The van der Waals surface area contributed by atoms with E-state index in [4.69, 9.17) is 10.5 Å². The normalized spacial score (nSPS) is 12.6. The number of hydrogen-bond acceptors (Lipinski definition) is 5. The largest absolute Gasteiger partial charge is 0.444 e. The van der Waals surface area contributed by atoms with Crippen LogP contribution in [-0.4, -0.2) is 46.9 Å². The molecule has 40 heavy (non-hydrogen) atoms. The molecule has 2 aromatic rings. The predicted molar refractivity (Wildman–Crippen MR) is 155 cm³/mol. The van der Waals surface area contributed by atoms with Gasteiger partial charge in [0.15, 0.2) is 0 Å². The van der Waals surface area contributed by atoms with E-state index < -0.39 is 35.6 Å². The van der Waals surface area contributed by atoms with E-state index in [2.05, 4.69) is 17.6 Å². The topological polar surface area (TPSA) is 131 Å². The molecule has 0 saturated carbocycles. The number of hydrogen-bond donors (Lipinski definition) is 3. The van der Waals surface area contributed by atoms with Crippen molar-refractivity contribution in [2.75, 3.05) is 6.54 Å². The van der Waals surface area contributed by atoms with Crippen molar-refractivity contribution in [2.45, 2.75) is 91.0 Å². The minimum Gasteiger partial charge on any atom is -0.444 e. The van der Waals surface area contributed by atoms with Gasteiger partial charge in [0, 0.05) is 19.5 Å². The molecule has 9 heteroatoms. The maximum Gasteiger partial charge on any atom is 0.408 e. The molecule has 9 nitrogen and oxygen atoms in total. The van der Waals surface area contributed by atoms with Gasteiger partial charge in [-0.25, -0.2) is 4.79 Å². The predicted octanol–water partition coefficient (Wildman–Crippen LogP) is 4.53. The summed E-state index contributed by atoms with van der Waals surface area (Å²) >= 11 is 0. The number of ether oxygens (including phenoxy) is 1. The highest BCUT2D eigenvalue weighted by molar-refractivity contribution is 5.92. The van der Waals surface area contributed by atoms with Crippen LogP contribution >= 0.6 is 0 Å². The van der Waals surface area contributed by atoms with E-state index in [0.29, 0.717) is 18.5 Å². The van der Waals surface area contributed by atoms with Crippen LogP contribution in [0.2, 0.25) is 0 Å². The number of aryl methyl sites for hydroxylation is 1. The van der Waals surface area contributed by atoms with Crippen molar-refractivity contribution in [2.24, 2.45) is 5.73 Å². The molecule has 4 amide bonds. The van der Waals surface area contributed by atoms with Crippen molar-refractivity contribution in [3.05, 3.63) is 71.3 Å². The van der Waals surface area contributed by atoms with E-state index in [1.165, 1.54) is 4.90 Å². The molecule has 0 radical (unpaired) electrons. The molecular formula is C31H44N4O5. The number of alkyl carbamates (subject to hydrolysis) is 1. The number of nitrogens with one attached hydrogen (secondary N) is 2. The summed E-state index contributed by atoms with van der Waals surface area (Å²) in [6.07, 6.45) is 1.49. The molecule has 0 spiro atoms. The Morgan fingerprint density at radius 3 is 2.23 bits per heavy atom. The van der Waals surface area contributed by atoms with Gasteiger partial charge in [0.2, 0.25) is 17.7 Å². The molecule has 0 aliphatic heterocycles. The lowest BCUT2D eigenvalue weighted by Crippen LogP contribution is -2.53. The summed E-state index contributed by atoms with van der Waals surface area (Å²) in [7, 11) is 0. The zero-order valence-corrected chi connectivity index (χ0v) is 24.4. The summed E-state index contributed by atoms with van der Waals surface area (Å²) in [5, 5.41) is 5.62. The van der Waals surface area contributed by atoms with E-state index in [9.17, 15) is 19.2 Å². The Bertz CT molecular complexity index is 1130. The number of nitrogens with zero attached hydrogens (tertiary/aromatic N) is 1. The number of nitrogens with two attached hydrogens (primary N) is 1. The first-order valence-electron chi connectivity index (χ1n) is 13.9.